The van der Waals surface area contributed by atoms with Crippen molar-refractivity contribution in [2.45, 2.75) is 63.8 Å². The second-order valence-corrected chi connectivity index (χ2v) is 7.70. The second kappa shape index (κ2) is 3.77. The van der Waals surface area contributed by atoms with Gasteiger partial charge in [-0.1, -0.05) is 0 Å². The maximum atomic E-state index is 6.32. The van der Waals surface area contributed by atoms with Gasteiger partial charge in [-0.2, -0.15) is 5.10 Å². The van der Waals surface area contributed by atoms with Crippen molar-refractivity contribution in [1.29, 1.82) is 0 Å². The molecule has 1 aromatic heterocycles. The first-order valence-corrected chi connectivity index (χ1v) is 7.91. The van der Waals surface area contributed by atoms with E-state index in [4.69, 9.17) is 10.8 Å². The van der Waals surface area contributed by atoms with Crippen LogP contribution in [-0.4, -0.2) is 9.78 Å². The van der Waals surface area contributed by atoms with Crippen molar-refractivity contribution in [3.63, 3.8) is 0 Å². The molecule has 0 aromatic carbocycles. The van der Waals surface area contributed by atoms with E-state index in [2.05, 4.69) is 24.7 Å². The summed E-state index contributed by atoms with van der Waals surface area (Å²) in [5.41, 5.74) is 8.83. The molecule has 0 radical (unpaired) electrons. The molecule has 4 aliphatic rings. The van der Waals surface area contributed by atoms with E-state index in [0.717, 1.165) is 23.4 Å². The Kier molecular flexibility index (Phi) is 2.34. The van der Waals surface area contributed by atoms with E-state index in [-0.39, 0.29) is 0 Å². The van der Waals surface area contributed by atoms with Crippen molar-refractivity contribution in [1.82, 2.24) is 9.78 Å². The fraction of sp³-hybridized carbons (Fsp3) is 0.812. The highest BCUT2D eigenvalue weighted by molar-refractivity contribution is 5.46. The number of nitrogens with two attached hydrogens (primary N) is 1. The van der Waals surface area contributed by atoms with Crippen LogP contribution in [0.4, 0.5) is 5.69 Å². The van der Waals surface area contributed by atoms with Gasteiger partial charge in [0.05, 0.1) is 11.4 Å². The Bertz CT molecular complexity index is 465. The minimum absolute atomic E-state index is 0.332. The molecule has 5 rings (SSSR count). The highest BCUT2D eigenvalue weighted by Gasteiger charge is 2.53. The lowest BCUT2D eigenvalue weighted by atomic mass is 9.48. The van der Waals surface area contributed by atoms with Crippen LogP contribution in [0.3, 0.4) is 0 Å². The molecule has 4 fully saturated rings. The normalized spacial score (nSPS) is 40.3. The van der Waals surface area contributed by atoms with Gasteiger partial charge in [0.1, 0.15) is 0 Å². The van der Waals surface area contributed by atoms with Gasteiger partial charge in [0.25, 0.3) is 0 Å². The quantitative estimate of drug-likeness (QED) is 0.883. The van der Waals surface area contributed by atoms with Crippen molar-refractivity contribution in [2.75, 3.05) is 5.73 Å². The summed E-state index contributed by atoms with van der Waals surface area (Å²) < 4.78 is 2.06. The van der Waals surface area contributed by atoms with Gasteiger partial charge in [0.2, 0.25) is 0 Å². The summed E-state index contributed by atoms with van der Waals surface area (Å²) in [4.78, 5) is 0. The predicted molar refractivity (Wildman–Crippen MR) is 76.9 cm³/mol. The van der Waals surface area contributed by atoms with Gasteiger partial charge in [0, 0.05) is 17.7 Å². The van der Waals surface area contributed by atoms with Crippen LogP contribution in [0.1, 0.15) is 64.1 Å². The van der Waals surface area contributed by atoms with E-state index in [0.29, 0.717) is 11.5 Å². The lowest BCUT2D eigenvalue weighted by Crippen LogP contribution is -2.49. The lowest BCUT2D eigenvalue weighted by molar-refractivity contribution is -0.00718. The maximum Gasteiger partial charge on any atom is 0.0915 e. The molecule has 0 amide bonds. The van der Waals surface area contributed by atoms with Crippen LogP contribution in [0.5, 0.6) is 0 Å². The summed E-state index contributed by atoms with van der Waals surface area (Å²) >= 11 is 0. The number of nitrogens with zero attached hydrogens (tertiary/aromatic N) is 2. The molecule has 0 atom stereocenters. The first-order valence-electron chi connectivity index (χ1n) is 7.91. The van der Waals surface area contributed by atoms with E-state index < -0.39 is 0 Å². The average molecular weight is 259 g/mol. The lowest BCUT2D eigenvalue weighted by Gasteiger charge is -2.56. The zero-order valence-electron chi connectivity index (χ0n) is 12.1. The molecule has 4 bridgehead atoms. The minimum atomic E-state index is 0.332. The molecule has 3 nitrogen and oxygen atoms in total. The van der Waals surface area contributed by atoms with Crippen molar-refractivity contribution >= 4 is 5.69 Å². The summed E-state index contributed by atoms with van der Waals surface area (Å²) in [6.07, 6.45) is 10.5. The average Bonchev–Trinajstić information content (AvgIpc) is 2.70. The van der Waals surface area contributed by atoms with Gasteiger partial charge in [-0.25, -0.2) is 0 Å². The molecule has 2 N–H and O–H groups in total. The Balaban J connectivity index is 1.75. The summed E-state index contributed by atoms with van der Waals surface area (Å²) in [5.74, 6) is 2.86. The zero-order valence-corrected chi connectivity index (χ0v) is 12.1. The van der Waals surface area contributed by atoms with Crippen molar-refractivity contribution < 1.29 is 0 Å². The van der Waals surface area contributed by atoms with Crippen LogP contribution >= 0.6 is 0 Å². The second-order valence-electron chi connectivity index (χ2n) is 7.70. The van der Waals surface area contributed by atoms with E-state index in [1.165, 1.54) is 44.2 Å². The van der Waals surface area contributed by atoms with Crippen LogP contribution in [0.2, 0.25) is 0 Å². The molecular formula is C16H25N3. The van der Waals surface area contributed by atoms with Crippen LogP contribution in [0.25, 0.3) is 0 Å². The molecule has 0 spiro atoms. The van der Waals surface area contributed by atoms with Crippen LogP contribution in [-0.2, 0) is 5.41 Å². The van der Waals surface area contributed by atoms with Crippen LogP contribution in [0.15, 0.2) is 6.20 Å². The van der Waals surface area contributed by atoms with Crippen LogP contribution < -0.4 is 5.73 Å². The molecule has 0 unspecified atom stereocenters. The number of aromatic nitrogens is 2. The Morgan fingerprint density at radius 1 is 1.16 bits per heavy atom. The standard InChI is InChI=1S/C16H25N3/c1-10(2)19-9-14(17)15(18-19)16-6-11-3-12(7-16)5-13(4-11)8-16/h9-13H,3-8,17H2,1-2H3. The Hall–Kier alpha value is -0.990. The number of hydrogen-bond acceptors (Lipinski definition) is 2. The van der Waals surface area contributed by atoms with Gasteiger partial charge in [-0.3, -0.25) is 4.68 Å². The predicted octanol–water partition coefficient (Wildman–Crippen LogP) is 3.51. The number of rotatable bonds is 2. The SMILES string of the molecule is CC(C)n1cc(N)c(C23CC4CC(CC(C4)C2)C3)n1. The van der Waals surface area contributed by atoms with Crippen molar-refractivity contribution in [3.05, 3.63) is 11.9 Å². The van der Waals surface area contributed by atoms with Gasteiger partial charge >= 0.3 is 0 Å². The third kappa shape index (κ3) is 1.66. The number of anilines is 1. The molecule has 19 heavy (non-hydrogen) atoms. The maximum absolute atomic E-state index is 6.32. The highest BCUT2D eigenvalue weighted by Crippen LogP contribution is 2.61. The number of hydrogen-bond donors (Lipinski definition) is 1. The van der Waals surface area contributed by atoms with Gasteiger partial charge in [-0.15, -0.1) is 0 Å². The summed E-state index contributed by atoms with van der Waals surface area (Å²) in [5, 5.41) is 4.89. The van der Waals surface area contributed by atoms with E-state index in [1.807, 2.05) is 0 Å². The first-order chi connectivity index (χ1) is 9.06. The number of nitrogen functional groups attached to an aromatic ring is 1. The van der Waals surface area contributed by atoms with E-state index >= 15 is 0 Å². The Morgan fingerprint density at radius 3 is 2.11 bits per heavy atom. The molecule has 4 saturated carbocycles. The topological polar surface area (TPSA) is 43.8 Å². The fourth-order valence-electron chi connectivity index (χ4n) is 5.48. The van der Waals surface area contributed by atoms with E-state index in [1.54, 1.807) is 0 Å². The molecule has 0 saturated heterocycles. The van der Waals surface area contributed by atoms with Gasteiger partial charge < -0.3 is 5.73 Å². The van der Waals surface area contributed by atoms with Gasteiger partial charge in [0.15, 0.2) is 0 Å². The third-order valence-corrected chi connectivity index (χ3v) is 5.83. The summed E-state index contributed by atoms with van der Waals surface area (Å²) in [6.45, 7) is 4.35. The zero-order chi connectivity index (χ0) is 13.2. The Morgan fingerprint density at radius 2 is 1.68 bits per heavy atom. The van der Waals surface area contributed by atoms with E-state index in [9.17, 15) is 0 Å². The molecule has 1 heterocycles. The molecule has 0 aliphatic heterocycles. The molecule has 1 aromatic rings. The highest BCUT2D eigenvalue weighted by atomic mass is 15.3. The van der Waals surface area contributed by atoms with Crippen LogP contribution in [0, 0.1) is 17.8 Å². The monoisotopic (exact) mass is 259 g/mol. The van der Waals surface area contributed by atoms with Crippen molar-refractivity contribution in [2.24, 2.45) is 17.8 Å². The Labute approximate surface area is 115 Å². The van der Waals surface area contributed by atoms with Crippen molar-refractivity contribution in [3.8, 4) is 0 Å². The molecular weight excluding hydrogens is 234 g/mol. The third-order valence-electron chi connectivity index (χ3n) is 5.83. The summed E-state index contributed by atoms with van der Waals surface area (Å²) in [6, 6.07) is 0.407. The molecule has 3 heteroatoms. The largest absolute Gasteiger partial charge is 0.396 e. The summed E-state index contributed by atoms with van der Waals surface area (Å²) in [7, 11) is 0. The van der Waals surface area contributed by atoms with Gasteiger partial charge in [-0.05, 0) is 70.1 Å². The molecule has 4 aliphatic carbocycles. The fourth-order valence-corrected chi connectivity index (χ4v) is 5.48. The minimum Gasteiger partial charge on any atom is -0.396 e. The first kappa shape index (κ1) is 11.8. The smallest absolute Gasteiger partial charge is 0.0915 e. The molecule has 104 valence electrons.